The molecule has 0 fully saturated rings. The number of amides is 1. The maximum absolute atomic E-state index is 13.1. The minimum atomic E-state index is -0.288. The quantitative estimate of drug-likeness (QED) is 0.262. The third-order valence-electron chi connectivity index (χ3n) is 4.90. The molecule has 0 atom stereocenters. The van der Waals surface area contributed by atoms with Crippen LogP contribution in [0, 0.1) is 0 Å². The SMILES string of the molecule is CCOc1cc2c(cc1C(=O)Nc1ccc(Br)cc1)nc(Nc1c(Cl)cncc1Cl)n2CC. The lowest BCUT2D eigenvalue weighted by Crippen LogP contribution is -2.14. The summed E-state index contributed by atoms with van der Waals surface area (Å²) in [5.74, 6) is 0.722. The zero-order chi connectivity index (χ0) is 23.5. The van der Waals surface area contributed by atoms with Gasteiger partial charge in [-0.1, -0.05) is 39.1 Å². The molecule has 170 valence electrons. The fourth-order valence-electron chi connectivity index (χ4n) is 3.39. The van der Waals surface area contributed by atoms with E-state index >= 15 is 0 Å². The Balaban J connectivity index is 1.76. The van der Waals surface area contributed by atoms with E-state index in [1.54, 1.807) is 6.07 Å². The number of halogens is 3. The molecule has 2 aromatic heterocycles. The average molecular weight is 549 g/mol. The Morgan fingerprint density at radius 1 is 1.12 bits per heavy atom. The molecule has 33 heavy (non-hydrogen) atoms. The fourth-order valence-corrected chi connectivity index (χ4v) is 4.12. The molecule has 7 nitrogen and oxygen atoms in total. The first kappa shape index (κ1) is 23.4. The van der Waals surface area contributed by atoms with Gasteiger partial charge in [0.1, 0.15) is 5.75 Å². The van der Waals surface area contributed by atoms with Gasteiger partial charge in [0.25, 0.3) is 5.91 Å². The normalized spacial score (nSPS) is 10.9. The number of hydrogen-bond donors (Lipinski definition) is 2. The summed E-state index contributed by atoms with van der Waals surface area (Å²) in [6.45, 7) is 4.90. The van der Waals surface area contributed by atoms with Crippen molar-refractivity contribution in [3.8, 4) is 5.75 Å². The van der Waals surface area contributed by atoms with Crippen LogP contribution in [0.25, 0.3) is 11.0 Å². The molecule has 0 bridgehead atoms. The Hall–Kier alpha value is -2.81. The second-order valence-electron chi connectivity index (χ2n) is 7.01. The molecule has 0 saturated carbocycles. The smallest absolute Gasteiger partial charge is 0.259 e. The van der Waals surface area contributed by atoms with E-state index in [1.165, 1.54) is 12.4 Å². The average Bonchev–Trinajstić information content (AvgIpc) is 3.13. The number of carbonyl (C=O) groups excluding carboxylic acids is 1. The highest BCUT2D eigenvalue weighted by molar-refractivity contribution is 9.10. The number of benzene rings is 2. The molecule has 2 aromatic carbocycles. The first-order valence-electron chi connectivity index (χ1n) is 10.2. The number of hydrogen-bond acceptors (Lipinski definition) is 5. The standard InChI is InChI=1S/C23H20BrCl2N5O2/c1-3-31-19-10-20(33-4-2)15(22(32)28-14-7-5-13(24)6-8-14)9-18(19)29-23(31)30-21-16(25)11-27-12-17(21)26/h5-12H,3-4H2,1-2H3,(H,28,32)(H,27,29,30). The second-order valence-corrected chi connectivity index (χ2v) is 8.74. The Bertz CT molecular complexity index is 1300. The van der Waals surface area contributed by atoms with E-state index < -0.39 is 0 Å². The Labute approximate surface area is 209 Å². The van der Waals surface area contributed by atoms with Crippen molar-refractivity contribution in [2.24, 2.45) is 0 Å². The molecule has 2 N–H and O–H groups in total. The number of ether oxygens (including phenoxy) is 1. The van der Waals surface area contributed by atoms with E-state index in [-0.39, 0.29) is 5.91 Å². The van der Waals surface area contributed by atoms with E-state index in [9.17, 15) is 4.79 Å². The van der Waals surface area contributed by atoms with Crippen LogP contribution < -0.4 is 15.4 Å². The number of aryl methyl sites for hydroxylation is 1. The molecule has 1 amide bonds. The summed E-state index contributed by atoms with van der Waals surface area (Å²) in [6, 6.07) is 10.9. The number of fused-ring (bicyclic) bond motifs is 1. The summed E-state index contributed by atoms with van der Waals surface area (Å²) in [5, 5.41) is 6.86. The van der Waals surface area contributed by atoms with Crippen LogP contribution in [-0.2, 0) is 6.54 Å². The summed E-state index contributed by atoms with van der Waals surface area (Å²) in [5.41, 5.74) is 3.01. The minimum Gasteiger partial charge on any atom is -0.493 e. The topological polar surface area (TPSA) is 81.1 Å². The molecule has 4 rings (SSSR count). The van der Waals surface area contributed by atoms with E-state index in [4.69, 9.17) is 32.9 Å². The minimum absolute atomic E-state index is 0.288. The molecule has 0 unspecified atom stereocenters. The predicted octanol–water partition coefficient (Wildman–Crippen LogP) is 6.92. The van der Waals surface area contributed by atoms with Gasteiger partial charge >= 0.3 is 0 Å². The molecule has 2 heterocycles. The molecule has 0 aliphatic carbocycles. The third-order valence-corrected chi connectivity index (χ3v) is 6.00. The summed E-state index contributed by atoms with van der Waals surface area (Å²) >= 11 is 15.9. The van der Waals surface area contributed by atoms with Crippen LogP contribution in [0.5, 0.6) is 5.75 Å². The highest BCUT2D eigenvalue weighted by Crippen LogP contribution is 2.34. The zero-order valence-electron chi connectivity index (χ0n) is 17.8. The van der Waals surface area contributed by atoms with Crippen LogP contribution in [0.15, 0.2) is 53.3 Å². The van der Waals surface area contributed by atoms with Gasteiger partial charge in [-0.25, -0.2) is 4.98 Å². The predicted molar refractivity (Wildman–Crippen MR) is 136 cm³/mol. The largest absolute Gasteiger partial charge is 0.493 e. The lowest BCUT2D eigenvalue weighted by Gasteiger charge is -2.13. The van der Waals surface area contributed by atoms with Gasteiger partial charge in [-0.15, -0.1) is 0 Å². The summed E-state index contributed by atoms with van der Waals surface area (Å²) in [4.78, 5) is 21.8. The van der Waals surface area contributed by atoms with E-state index in [0.717, 1.165) is 9.99 Å². The van der Waals surface area contributed by atoms with Crippen molar-refractivity contribution in [2.75, 3.05) is 17.2 Å². The van der Waals surface area contributed by atoms with Crippen molar-refractivity contribution >= 4 is 73.4 Å². The number of aromatic nitrogens is 3. The molecule has 0 saturated heterocycles. The summed E-state index contributed by atoms with van der Waals surface area (Å²) < 4.78 is 8.69. The van der Waals surface area contributed by atoms with E-state index in [2.05, 4.69) is 31.5 Å². The molecule has 0 radical (unpaired) electrons. The van der Waals surface area contributed by atoms with Gasteiger partial charge in [0.15, 0.2) is 0 Å². The molecule has 10 heteroatoms. The molecule has 0 aliphatic heterocycles. The molecule has 0 aliphatic rings. The second kappa shape index (κ2) is 9.99. The first-order chi connectivity index (χ1) is 15.9. The number of carbonyl (C=O) groups is 1. The Kier molecular flexibility index (Phi) is 7.07. The number of anilines is 3. The Morgan fingerprint density at radius 2 is 1.82 bits per heavy atom. The highest BCUT2D eigenvalue weighted by atomic mass is 79.9. The van der Waals surface area contributed by atoms with Crippen LogP contribution in [0.4, 0.5) is 17.3 Å². The maximum atomic E-state index is 13.1. The number of nitrogens with one attached hydrogen (secondary N) is 2. The zero-order valence-corrected chi connectivity index (χ0v) is 20.9. The van der Waals surface area contributed by atoms with Crippen LogP contribution in [0.3, 0.4) is 0 Å². The van der Waals surface area contributed by atoms with Crippen molar-refractivity contribution in [2.45, 2.75) is 20.4 Å². The third kappa shape index (κ3) is 4.93. The van der Waals surface area contributed by atoms with Crippen LogP contribution in [-0.4, -0.2) is 27.0 Å². The van der Waals surface area contributed by atoms with Gasteiger partial charge in [0.2, 0.25) is 5.95 Å². The van der Waals surface area contributed by atoms with Crippen LogP contribution in [0.2, 0.25) is 10.0 Å². The van der Waals surface area contributed by atoms with Crippen LogP contribution >= 0.6 is 39.1 Å². The molecular weight excluding hydrogens is 529 g/mol. The van der Waals surface area contributed by atoms with Gasteiger partial charge in [-0.05, 0) is 44.2 Å². The van der Waals surface area contributed by atoms with Gasteiger partial charge in [-0.2, -0.15) is 0 Å². The first-order valence-corrected chi connectivity index (χ1v) is 11.8. The van der Waals surface area contributed by atoms with Gasteiger partial charge in [0.05, 0.1) is 38.9 Å². The van der Waals surface area contributed by atoms with Gasteiger partial charge in [0, 0.05) is 35.2 Å². The van der Waals surface area contributed by atoms with Crippen molar-refractivity contribution in [3.63, 3.8) is 0 Å². The monoisotopic (exact) mass is 547 g/mol. The summed E-state index contributed by atoms with van der Waals surface area (Å²) in [6.07, 6.45) is 3.01. The maximum Gasteiger partial charge on any atom is 0.259 e. The molecule has 0 spiro atoms. The van der Waals surface area contributed by atoms with E-state index in [1.807, 2.05) is 48.7 Å². The van der Waals surface area contributed by atoms with Crippen molar-refractivity contribution in [3.05, 3.63) is 68.9 Å². The number of imidazole rings is 1. The van der Waals surface area contributed by atoms with E-state index in [0.29, 0.717) is 57.3 Å². The lowest BCUT2D eigenvalue weighted by molar-refractivity contribution is 0.102. The lowest BCUT2D eigenvalue weighted by atomic mass is 10.1. The highest BCUT2D eigenvalue weighted by Gasteiger charge is 2.20. The number of pyridine rings is 1. The molecular formula is C23H20BrCl2N5O2. The number of rotatable bonds is 7. The van der Waals surface area contributed by atoms with Crippen molar-refractivity contribution in [1.29, 1.82) is 0 Å². The summed E-state index contributed by atoms with van der Waals surface area (Å²) in [7, 11) is 0. The number of nitrogens with zero attached hydrogens (tertiary/aromatic N) is 3. The van der Waals surface area contributed by atoms with Gasteiger partial charge < -0.3 is 19.9 Å². The fraction of sp³-hybridized carbons (Fsp3) is 0.174. The van der Waals surface area contributed by atoms with Crippen molar-refractivity contribution < 1.29 is 9.53 Å². The molecule has 4 aromatic rings. The van der Waals surface area contributed by atoms with Crippen LogP contribution in [0.1, 0.15) is 24.2 Å². The van der Waals surface area contributed by atoms with Crippen molar-refractivity contribution in [1.82, 2.24) is 14.5 Å². The van der Waals surface area contributed by atoms with Gasteiger partial charge in [-0.3, -0.25) is 9.78 Å². The Morgan fingerprint density at radius 3 is 2.45 bits per heavy atom.